The Bertz CT molecular complexity index is 2420. The van der Waals surface area contributed by atoms with E-state index >= 15 is 0 Å². The molecule has 1 aromatic heterocycles. The molecule has 6 atom stereocenters. The maximum absolute atomic E-state index is 13.7. The number of hydrogen-bond acceptors (Lipinski definition) is 5. The van der Waals surface area contributed by atoms with Gasteiger partial charge in [-0.2, -0.15) is 0 Å². The van der Waals surface area contributed by atoms with Crippen LogP contribution < -0.4 is 4.90 Å². The molecule has 0 bridgehead atoms. The summed E-state index contributed by atoms with van der Waals surface area (Å²) in [5, 5.41) is 0. The summed E-state index contributed by atoms with van der Waals surface area (Å²) in [6.45, 7) is 11.9. The lowest BCUT2D eigenvalue weighted by Gasteiger charge is -2.34. The van der Waals surface area contributed by atoms with Crippen LogP contribution >= 0.6 is 46.4 Å². The average molecular weight is 875 g/mol. The minimum atomic E-state index is -1.01. The van der Waals surface area contributed by atoms with Crippen LogP contribution in [0.2, 0.25) is 0 Å². The van der Waals surface area contributed by atoms with E-state index in [2.05, 4.69) is 91.3 Å². The number of aromatic amines is 1. The lowest BCUT2D eigenvalue weighted by atomic mass is 9.87. The molecule has 2 amide bonds. The number of carbonyl (C=O) groups is 2. The van der Waals surface area contributed by atoms with Crippen LogP contribution in [0.1, 0.15) is 132 Å². The molecule has 6 aliphatic rings. The van der Waals surface area contributed by atoms with E-state index in [0.29, 0.717) is 25.9 Å². The standard InChI is InChI=1S/C47H52Cl4N6O2/c1-43(2,3)30-12-14-31(15-13-30)57-36(27-10-16-32-29(22-27)24-35(52-32)38-8-6-20-55(38)41(58)44(4)25-46(44,48)49)18-19-37(57)28-11-17-33-34(23-28)54-40(53-33)39-9-7-21-56(39)42(59)45(5)26-47(45,50)51/h10-17,22-23,36-39H,6-9,18-21,24-26H2,1-5H3,(H,53,54)/t36-,37-,38+,39+,44-,45-/m1/s1. The van der Waals surface area contributed by atoms with Crippen LogP contribution in [0.5, 0.6) is 0 Å². The van der Waals surface area contributed by atoms with Crippen molar-refractivity contribution in [3.8, 4) is 0 Å². The van der Waals surface area contributed by atoms with Crippen molar-refractivity contribution in [3.63, 3.8) is 0 Å². The molecule has 2 aliphatic carbocycles. The molecule has 12 heteroatoms. The van der Waals surface area contributed by atoms with Crippen LogP contribution in [-0.2, 0) is 21.4 Å². The van der Waals surface area contributed by atoms with Gasteiger partial charge in [0, 0.05) is 30.9 Å². The first-order valence-electron chi connectivity index (χ1n) is 21.4. The van der Waals surface area contributed by atoms with E-state index in [0.717, 1.165) is 73.2 Å². The zero-order valence-electron chi connectivity index (χ0n) is 34.4. The zero-order valence-corrected chi connectivity index (χ0v) is 37.4. The Labute approximate surface area is 367 Å². The number of nitrogens with one attached hydrogen (secondary N) is 1. The topological polar surface area (TPSA) is 84.9 Å². The minimum Gasteiger partial charge on any atom is -0.357 e. The summed E-state index contributed by atoms with van der Waals surface area (Å²) in [7, 11) is 0. The summed E-state index contributed by atoms with van der Waals surface area (Å²) in [5.41, 5.74) is 8.72. The van der Waals surface area contributed by atoms with Crippen molar-refractivity contribution in [1.29, 1.82) is 0 Å². The van der Waals surface area contributed by atoms with Gasteiger partial charge in [-0.05, 0) is 123 Å². The van der Waals surface area contributed by atoms with E-state index in [4.69, 9.17) is 56.4 Å². The van der Waals surface area contributed by atoms with E-state index in [9.17, 15) is 9.59 Å². The third-order valence-electron chi connectivity index (χ3n) is 14.6. The average Bonchev–Trinajstić information content (AvgIpc) is 3.82. The van der Waals surface area contributed by atoms with Gasteiger partial charge < -0.3 is 19.7 Å². The van der Waals surface area contributed by atoms with Crippen molar-refractivity contribution in [3.05, 3.63) is 88.7 Å². The molecule has 310 valence electrons. The van der Waals surface area contributed by atoms with Crippen molar-refractivity contribution >= 4 is 86.3 Å². The van der Waals surface area contributed by atoms with Crippen LogP contribution in [0, 0.1) is 10.8 Å². The van der Waals surface area contributed by atoms with Gasteiger partial charge in [0.2, 0.25) is 11.8 Å². The molecule has 4 aliphatic heterocycles. The third-order valence-corrected chi connectivity index (χ3v) is 16.8. The van der Waals surface area contributed by atoms with Gasteiger partial charge in [-0.3, -0.25) is 14.6 Å². The molecule has 1 N–H and O–H groups in total. The number of rotatable bonds is 7. The molecule has 0 radical (unpaired) electrons. The highest BCUT2D eigenvalue weighted by molar-refractivity contribution is 6.53. The fourth-order valence-corrected chi connectivity index (χ4v) is 12.0. The quantitative estimate of drug-likeness (QED) is 0.187. The number of carbonyl (C=O) groups excluding carboxylic acids is 2. The molecule has 5 heterocycles. The lowest BCUT2D eigenvalue weighted by molar-refractivity contribution is -0.137. The summed E-state index contributed by atoms with van der Waals surface area (Å²) in [6.07, 6.45) is 7.29. The monoisotopic (exact) mass is 872 g/mol. The van der Waals surface area contributed by atoms with E-state index < -0.39 is 19.5 Å². The molecule has 5 fully saturated rings. The maximum Gasteiger partial charge on any atom is 0.232 e. The minimum absolute atomic E-state index is 0.0129. The number of amides is 2. The van der Waals surface area contributed by atoms with E-state index in [-0.39, 0.29) is 41.4 Å². The molecule has 3 saturated heterocycles. The van der Waals surface area contributed by atoms with Gasteiger partial charge in [0.15, 0.2) is 0 Å². The molecule has 0 spiro atoms. The van der Waals surface area contributed by atoms with Gasteiger partial charge >= 0.3 is 0 Å². The number of halogens is 4. The molecule has 0 unspecified atom stereocenters. The number of alkyl halides is 4. The highest BCUT2D eigenvalue weighted by atomic mass is 35.5. The highest BCUT2D eigenvalue weighted by Crippen LogP contribution is 2.66. The molecule has 59 heavy (non-hydrogen) atoms. The Morgan fingerprint density at radius 3 is 1.88 bits per heavy atom. The number of hydrogen-bond donors (Lipinski definition) is 1. The van der Waals surface area contributed by atoms with Crippen LogP contribution in [-0.4, -0.2) is 65.1 Å². The zero-order chi connectivity index (χ0) is 41.4. The van der Waals surface area contributed by atoms with Crippen molar-refractivity contribution < 1.29 is 9.59 Å². The number of imidazole rings is 1. The number of aliphatic imine (C=N–C) groups is 1. The predicted octanol–water partition coefficient (Wildman–Crippen LogP) is 11.4. The van der Waals surface area contributed by atoms with Gasteiger partial charge in [0.1, 0.15) is 14.5 Å². The van der Waals surface area contributed by atoms with Gasteiger partial charge in [0.05, 0.1) is 51.7 Å². The first kappa shape index (κ1) is 39.8. The first-order valence-corrected chi connectivity index (χ1v) is 22.9. The molecule has 4 aromatic rings. The number of nitrogens with zero attached hydrogens (tertiary/aromatic N) is 5. The van der Waals surface area contributed by atoms with Crippen LogP contribution in [0.25, 0.3) is 11.0 Å². The van der Waals surface area contributed by atoms with E-state index in [1.165, 1.54) is 27.9 Å². The Morgan fingerprint density at radius 2 is 1.29 bits per heavy atom. The van der Waals surface area contributed by atoms with Gasteiger partial charge in [-0.1, -0.05) is 51.1 Å². The largest absolute Gasteiger partial charge is 0.357 e. The Kier molecular flexibility index (Phi) is 9.18. The molecule has 3 aromatic carbocycles. The number of anilines is 1. The molecule has 8 nitrogen and oxygen atoms in total. The number of H-pyrrole nitrogens is 1. The van der Waals surface area contributed by atoms with E-state index in [1.54, 1.807) is 0 Å². The Hall–Kier alpha value is -3.30. The smallest absolute Gasteiger partial charge is 0.232 e. The normalized spacial score (nSPS) is 30.6. The molecular weight excluding hydrogens is 822 g/mol. The summed E-state index contributed by atoms with van der Waals surface area (Å²) in [6, 6.07) is 22.7. The molecule has 2 saturated carbocycles. The number of benzene rings is 3. The second kappa shape index (κ2) is 13.6. The number of likely N-dealkylation sites (tertiary alicyclic amines) is 2. The van der Waals surface area contributed by atoms with Crippen molar-refractivity contribution in [2.75, 3.05) is 18.0 Å². The summed E-state index contributed by atoms with van der Waals surface area (Å²) in [5.74, 6) is 0.880. The fourth-order valence-electron chi connectivity index (χ4n) is 10.6. The Morgan fingerprint density at radius 1 is 0.729 bits per heavy atom. The summed E-state index contributed by atoms with van der Waals surface area (Å²) in [4.78, 5) is 47.7. The lowest BCUT2D eigenvalue weighted by Crippen LogP contribution is -2.45. The van der Waals surface area contributed by atoms with Gasteiger partial charge in [-0.25, -0.2) is 4.98 Å². The summed E-state index contributed by atoms with van der Waals surface area (Å²) >= 11 is 25.8. The molecule has 10 rings (SSSR count). The van der Waals surface area contributed by atoms with Crippen LogP contribution in [0.3, 0.4) is 0 Å². The third kappa shape index (κ3) is 6.43. The number of fused-ring (bicyclic) bond motifs is 2. The van der Waals surface area contributed by atoms with E-state index in [1.807, 2.05) is 23.6 Å². The van der Waals surface area contributed by atoms with Crippen LogP contribution in [0.15, 0.2) is 65.7 Å². The Balaban J connectivity index is 0.931. The predicted molar refractivity (Wildman–Crippen MR) is 238 cm³/mol. The maximum atomic E-state index is 13.7. The summed E-state index contributed by atoms with van der Waals surface area (Å²) < 4.78 is -2.00. The van der Waals surface area contributed by atoms with Crippen molar-refractivity contribution in [1.82, 2.24) is 19.8 Å². The fraction of sp³-hybridized carbons (Fsp3) is 0.532. The first-order chi connectivity index (χ1) is 27.9. The highest BCUT2D eigenvalue weighted by Gasteiger charge is 2.70. The molecular formula is C47H52Cl4N6O2. The van der Waals surface area contributed by atoms with Crippen LogP contribution in [0.4, 0.5) is 11.4 Å². The second-order valence-corrected chi connectivity index (χ2v) is 22.6. The van der Waals surface area contributed by atoms with Gasteiger partial charge in [-0.15, -0.1) is 46.4 Å². The van der Waals surface area contributed by atoms with Crippen molar-refractivity contribution in [2.45, 2.75) is 131 Å². The van der Waals surface area contributed by atoms with Gasteiger partial charge in [0.25, 0.3) is 0 Å². The SMILES string of the molecule is CC(C)(C)c1ccc(N2[C@@H](c3ccc4c(c3)CC([C@@H]3CCCN3C(=O)[C@@]3(C)CC3(Cl)Cl)=N4)CC[C@@H]2c2ccc3nc([C@@H]4CCCN4C(=O)[C@@]4(C)CC4(Cl)Cl)[nH]c3c2)cc1. The number of aromatic nitrogens is 2. The second-order valence-electron chi connectivity index (χ2n) is 19.6. The van der Waals surface area contributed by atoms with Crippen molar-refractivity contribution in [2.24, 2.45) is 15.8 Å².